The van der Waals surface area contributed by atoms with Crippen LogP contribution < -0.4 is 10.1 Å². The van der Waals surface area contributed by atoms with Gasteiger partial charge in [0.25, 0.3) is 11.8 Å². The van der Waals surface area contributed by atoms with Gasteiger partial charge in [0.05, 0.1) is 0 Å². The molecule has 1 N–H and O–H groups in total. The maximum atomic E-state index is 12.8. The number of hydrogen-bond donors (Lipinski definition) is 1. The zero-order chi connectivity index (χ0) is 20.6. The molecule has 5 heteroatoms. The van der Waals surface area contributed by atoms with Gasteiger partial charge in [0.15, 0.2) is 6.10 Å². The van der Waals surface area contributed by atoms with E-state index >= 15 is 0 Å². The standard InChI is InChI=1S/C24H30N2O3/c1-3-22(29-21-13-11-18(2)12-14-21)23(27)25-20-10-8-9-19(17-20)24(28)26-15-6-4-5-7-16-26/h8-14,17,22H,3-7,15-16H2,1-2H3,(H,25,27). The highest BCUT2D eigenvalue weighted by Crippen LogP contribution is 2.19. The summed E-state index contributed by atoms with van der Waals surface area (Å²) in [6.45, 7) is 5.53. The van der Waals surface area contributed by atoms with Gasteiger partial charge in [-0.2, -0.15) is 0 Å². The summed E-state index contributed by atoms with van der Waals surface area (Å²) >= 11 is 0. The van der Waals surface area contributed by atoms with Gasteiger partial charge in [-0.25, -0.2) is 0 Å². The lowest BCUT2D eigenvalue weighted by molar-refractivity contribution is -0.122. The Hall–Kier alpha value is -2.82. The molecule has 0 saturated carbocycles. The molecule has 1 fully saturated rings. The number of rotatable bonds is 6. The summed E-state index contributed by atoms with van der Waals surface area (Å²) in [5.41, 5.74) is 2.36. The largest absolute Gasteiger partial charge is 0.481 e. The molecule has 0 aromatic heterocycles. The molecule has 29 heavy (non-hydrogen) atoms. The molecule has 1 aliphatic heterocycles. The van der Waals surface area contributed by atoms with E-state index in [1.807, 2.05) is 55.1 Å². The SMILES string of the molecule is CCC(Oc1ccc(C)cc1)C(=O)Nc1cccc(C(=O)N2CCCCCC2)c1. The van der Waals surface area contributed by atoms with E-state index in [0.717, 1.165) is 31.5 Å². The number of carbonyl (C=O) groups excluding carboxylic acids is 2. The highest BCUT2D eigenvalue weighted by atomic mass is 16.5. The maximum Gasteiger partial charge on any atom is 0.265 e. The van der Waals surface area contributed by atoms with Crippen LogP contribution in [0.3, 0.4) is 0 Å². The first-order valence-corrected chi connectivity index (χ1v) is 10.5. The zero-order valence-corrected chi connectivity index (χ0v) is 17.3. The third-order valence-corrected chi connectivity index (χ3v) is 5.23. The molecule has 1 aliphatic rings. The first-order valence-electron chi connectivity index (χ1n) is 10.5. The fourth-order valence-corrected chi connectivity index (χ4v) is 3.51. The Morgan fingerprint density at radius 2 is 1.72 bits per heavy atom. The summed E-state index contributed by atoms with van der Waals surface area (Å²) < 4.78 is 5.85. The van der Waals surface area contributed by atoms with E-state index in [1.165, 1.54) is 12.8 Å². The lowest BCUT2D eigenvalue weighted by Crippen LogP contribution is -2.33. The minimum Gasteiger partial charge on any atom is -0.481 e. The molecule has 0 bridgehead atoms. The van der Waals surface area contributed by atoms with Crippen molar-refractivity contribution in [3.8, 4) is 5.75 Å². The number of nitrogens with zero attached hydrogens (tertiary/aromatic N) is 1. The highest BCUT2D eigenvalue weighted by molar-refractivity contribution is 5.98. The summed E-state index contributed by atoms with van der Waals surface area (Å²) in [5, 5.41) is 2.90. The van der Waals surface area contributed by atoms with Crippen molar-refractivity contribution in [1.29, 1.82) is 0 Å². The van der Waals surface area contributed by atoms with Crippen molar-refractivity contribution < 1.29 is 14.3 Å². The Balaban J connectivity index is 1.65. The number of nitrogens with one attached hydrogen (secondary N) is 1. The number of amides is 2. The van der Waals surface area contributed by atoms with Crippen LogP contribution >= 0.6 is 0 Å². The number of ether oxygens (including phenoxy) is 1. The molecule has 1 unspecified atom stereocenters. The van der Waals surface area contributed by atoms with Crippen LogP contribution in [0.2, 0.25) is 0 Å². The molecule has 0 spiro atoms. The average molecular weight is 395 g/mol. The van der Waals surface area contributed by atoms with E-state index < -0.39 is 6.10 Å². The van der Waals surface area contributed by atoms with E-state index in [9.17, 15) is 9.59 Å². The van der Waals surface area contributed by atoms with Gasteiger partial charge in [0, 0.05) is 24.3 Å². The first kappa shape index (κ1) is 20.9. The van der Waals surface area contributed by atoms with E-state index in [4.69, 9.17) is 4.74 Å². The van der Waals surface area contributed by atoms with Gasteiger partial charge >= 0.3 is 0 Å². The van der Waals surface area contributed by atoms with Crippen LogP contribution in [-0.4, -0.2) is 35.9 Å². The molecule has 1 heterocycles. The summed E-state index contributed by atoms with van der Waals surface area (Å²) in [5.74, 6) is 0.487. The van der Waals surface area contributed by atoms with Crippen LogP contribution in [0.1, 0.15) is 54.9 Å². The summed E-state index contributed by atoms with van der Waals surface area (Å²) in [6, 6.07) is 14.8. The predicted molar refractivity (Wildman–Crippen MR) is 115 cm³/mol. The second-order valence-electron chi connectivity index (χ2n) is 7.60. The van der Waals surface area contributed by atoms with Gasteiger partial charge in [0.1, 0.15) is 5.75 Å². The normalized spacial score (nSPS) is 15.3. The van der Waals surface area contributed by atoms with Crippen molar-refractivity contribution in [2.45, 2.75) is 52.1 Å². The van der Waals surface area contributed by atoms with Crippen LogP contribution in [0, 0.1) is 6.92 Å². The van der Waals surface area contributed by atoms with Gasteiger partial charge in [-0.1, -0.05) is 43.5 Å². The summed E-state index contributed by atoms with van der Waals surface area (Å²) in [4.78, 5) is 27.5. The Kier molecular flexibility index (Phi) is 7.28. The predicted octanol–water partition coefficient (Wildman–Crippen LogP) is 4.81. The quantitative estimate of drug-likeness (QED) is 0.765. The summed E-state index contributed by atoms with van der Waals surface area (Å²) in [7, 11) is 0. The first-order chi connectivity index (χ1) is 14.1. The third kappa shape index (κ3) is 5.83. The molecule has 0 aliphatic carbocycles. The Morgan fingerprint density at radius 1 is 1.03 bits per heavy atom. The minimum atomic E-state index is -0.595. The molecule has 154 valence electrons. The monoisotopic (exact) mass is 394 g/mol. The minimum absolute atomic E-state index is 0.0333. The topological polar surface area (TPSA) is 58.6 Å². The molecule has 5 nitrogen and oxygen atoms in total. The molecular formula is C24H30N2O3. The number of aryl methyl sites for hydroxylation is 1. The average Bonchev–Trinajstić information content (AvgIpc) is 3.02. The van der Waals surface area contributed by atoms with E-state index in [-0.39, 0.29) is 11.8 Å². The Morgan fingerprint density at radius 3 is 2.38 bits per heavy atom. The van der Waals surface area contributed by atoms with Crippen LogP contribution in [0.25, 0.3) is 0 Å². The second-order valence-corrected chi connectivity index (χ2v) is 7.60. The van der Waals surface area contributed by atoms with Crippen LogP contribution in [0.15, 0.2) is 48.5 Å². The smallest absolute Gasteiger partial charge is 0.265 e. The van der Waals surface area contributed by atoms with Crippen molar-refractivity contribution in [2.24, 2.45) is 0 Å². The van der Waals surface area contributed by atoms with Gasteiger partial charge in [0.2, 0.25) is 0 Å². The van der Waals surface area contributed by atoms with Crippen LogP contribution in [0.4, 0.5) is 5.69 Å². The zero-order valence-electron chi connectivity index (χ0n) is 17.3. The van der Waals surface area contributed by atoms with E-state index in [1.54, 1.807) is 12.1 Å². The van der Waals surface area contributed by atoms with Crippen molar-refractivity contribution in [1.82, 2.24) is 4.90 Å². The second kappa shape index (κ2) is 10.1. The van der Waals surface area contributed by atoms with Gasteiger partial charge < -0.3 is 15.0 Å². The molecule has 1 saturated heterocycles. The number of carbonyl (C=O) groups is 2. The van der Waals surface area contributed by atoms with Gasteiger partial charge in [-0.05, 0) is 56.5 Å². The molecule has 2 amide bonds. The number of hydrogen-bond acceptors (Lipinski definition) is 3. The van der Waals surface area contributed by atoms with Crippen LogP contribution in [0.5, 0.6) is 5.75 Å². The Labute approximate surface area is 173 Å². The van der Waals surface area contributed by atoms with Gasteiger partial charge in [-0.15, -0.1) is 0 Å². The fourth-order valence-electron chi connectivity index (χ4n) is 3.51. The lowest BCUT2D eigenvalue weighted by Gasteiger charge is -2.21. The molecule has 2 aromatic carbocycles. The number of benzene rings is 2. The van der Waals surface area contributed by atoms with Crippen molar-refractivity contribution in [3.05, 3.63) is 59.7 Å². The van der Waals surface area contributed by atoms with Crippen LogP contribution in [-0.2, 0) is 4.79 Å². The van der Waals surface area contributed by atoms with Crippen molar-refractivity contribution >= 4 is 17.5 Å². The molecule has 3 rings (SSSR count). The molecule has 2 aromatic rings. The third-order valence-electron chi connectivity index (χ3n) is 5.23. The fraction of sp³-hybridized carbons (Fsp3) is 0.417. The van der Waals surface area contributed by atoms with E-state index in [2.05, 4.69) is 5.32 Å². The highest BCUT2D eigenvalue weighted by Gasteiger charge is 2.20. The molecule has 0 radical (unpaired) electrons. The number of likely N-dealkylation sites (tertiary alicyclic amines) is 1. The maximum absolute atomic E-state index is 12.8. The van der Waals surface area contributed by atoms with Gasteiger partial charge in [-0.3, -0.25) is 9.59 Å². The number of anilines is 1. The molecular weight excluding hydrogens is 364 g/mol. The summed E-state index contributed by atoms with van der Waals surface area (Å²) in [6.07, 6.45) is 4.42. The Bertz CT molecular complexity index is 824. The molecule has 1 atom stereocenters. The van der Waals surface area contributed by atoms with Crippen molar-refractivity contribution in [3.63, 3.8) is 0 Å². The van der Waals surface area contributed by atoms with Crippen molar-refractivity contribution in [2.75, 3.05) is 18.4 Å². The van der Waals surface area contributed by atoms with E-state index in [0.29, 0.717) is 23.4 Å². The lowest BCUT2D eigenvalue weighted by atomic mass is 10.1.